The van der Waals surface area contributed by atoms with Crippen molar-refractivity contribution in [1.82, 2.24) is 15.0 Å². The van der Waals surface area contributed by atoms with E-state index in [0.29, 0.717) is 25.7 Å². The Morgan fingerprint density at radius 2 is 1.66 bits per heavy atom. The summed E-state index contributed by atoms with van der Waals surface area (Å²) in [7, 11) is -2.73. The van der Waals surface area contributed by atoms with E-state index in [-0.39, 0.29) is 52.5 Å². The Balaban J connectivity index is 0.00000363. The van der Waals surface area contributed by atoms with Gasteiger partial charge in [0.25, 0.3) is 0 Å². The van der Waals surface area contributed by atoms with Gasteiger partial charge in [0, 0.05) is 57.3 Å². The average Bonchev–Trinajstić information content (AvgIpc) is 3.45. The summed E-state index contributed by atoms with van der Waals surface area (Å²) in [6.45, 7) is 2.34. The standard InChI is InChI=1S/C20H29N4O6P.Y/c1-13-11-14(6-8-25)20(22-13)18-12-15(7-9-26)19(24-18)17-5-4-16(23-17)3-2-10-28-31(27)30-29-21;/h4-5,11-12,22-26,31H,2-3,6-10,21H2,1H3;. The van der Waals surface area contributed by atoms with Gasteiger partial charge in [0.1, 0.15) is 0 Å². The molecule has 0 aromatic carbocycles. The van der Waals surface area contributed by atoms with Crippen molar-refractivity contribution in [2.45, 2.75) is 32.6 Å². The third-order valence-corrected chi connectivity index (χ3v) is 5.58. The number of aromatic nitrogens is 3. The fourth-order valence-electron chi connectivity index (χ4n) is 3.61. The molecule has 3 aromatic heterocycles. The van der Waals surface area contributed by atoms with Gasteiger partial charge < -0.3 is 29.7 Å². The van der Waals surface area contributed by atoms with E-state index in [0.717, 1.165) is 45.3 Å². The molecule has 12 heteroatoms. The van der Waals surface area contributed by atoms with Gasteiger partial charge in [-0.15, -0.1) is 9.66 Å². The first kappa shape index (κ1) is 27.2. The van der Waals surface area contributed by atoms with Crippen LogP contribution in [-0.4, -0.2) is 45.0 Å². The number of aliphatic hydroxyl groups excluding tert-OH is 2. The van der Waals surface area contributed by atoms with Gasteiger partial charge in [-0.3, -0.25) is 4.57 Å². The molecule has 3 heterocycles. The topological polar surface area (TPSA) is 159 Å². The Kier molecular flexibility index (Phi) is 11.5. The van der Waals surface area contributed by atoms with Gasteiger partial charge in [-0.1, -0.05) is 0 Å². The number of H-pyrrole nitrogens is 3. The summed E-state index contributed by atoms with van der Waals surface area (Å²) in [5.41, 5.74) is 7.73. The third kappa shape index (κ3) is 7.22. The van der Waals surface area contributed by atoms with Crippen LogP contribution in [0.2, 0.25) is 0 Å². The second kappa shape index (κ2) is 13.6. The Labute approximate surface area is 212 Å². The van der Waals surface area contributed by atoms with E-state index in [1.807, 2.05) is 31.2 Å². The maximum absolute atomic E-state index is 11.2. The van der Waals surface area contributed by atoms with Crippen LogP contribution in [0.4, 0.5) is 0 Å². The maximum atomic E-state index is 11.2. The molecule has 0 bridgehead atoms. The molecule has 173 valence electrons. The predicted molar refractivity (Wildman–Crippen MR) is 116 cm³/mol. The Bertz CT molecular complexity index is 1000. The summed E-state index contributed by atoms with van der Waals surface area (Å²) in [5.74, 6) is 4.67. The number of hydrogen-bond donors (Lipinski definition) is 6. The molecule has 0 amide bonds. The Morgan fingerprint density at radius 3 is 2.34 bits per heavy atom. The van der Waals surface area contributed by atoms with E-state index >= 15 is 0 Å². The first-order valence-corrected chi connectivity index (χ1v) is 11.3. The van der Waals surface area contributed by atoms with E-state index in [9.17, 15) is 14.8 Å². The van der Waals surface area contributed by atoms with Crippen LogP contribution < -0.4 is 5.90 Å². The predicted octanol–water partition coefficient (Wildman–Crippen LogP) is 2.54. The molecular formula is C20H29N4O6PY. The van der Waals surface area contributed by atoms with Crippen molar-refractivity contribution in [2.75, 3.05) is 19.8 Å². The number of hydrogen-bond acceptors (Lipinski definition) is 7. The largest absolute Gasteiger partial charge is 0.396 e. The number of rotatable bonds is 13. The number of aliphatic hydroxyl groups is 2. The van der Waals surface area contributed by atoms with Crippen molar-refractivity contribution in [3.63, 3.8) is 0 Å². The van der Waals surface area contributed by atoms with E-state index in [2.05, 4.69) is 30.5 Å². The second-order valence-electron chi connectivity index (χ2n) is 7.16. The molecule has 1 radical (unpaired) electrons. The van der Waals surface area contributed by atoms with Gasteiger partial charge in [-0.25, -0.2) is 0 Å². The zero-order valence-corrected chi connectivity index (χ0v) is 21.8. The molecule has 0 saturated carbocycles. The van der Waals surface area contributed by atoms with Crippen LogP contribution in [0.1, 0.15) is 28.9 Å². The van der Waals surface area contributed by atoms with Crippen molar-refractivity contribution in [3.05, 3.63) is 46.8 Å². The number of aryl methyl sites for hydroxylation is 2. The quantitative estimate of drug-likeness (QED) is 0.0840. The number of nitrogens with one attached hydrogen (secondary N) is 3. The van der Waals surface area contributed by atoms with Gasteiger partial charge >= 0.3 is 8.25 Å². The zero-order chi connectivity index (χ0) is 22.2. The summed E-state index contributed by atoms with van der Waals surface area (Å²) < 4.78 is 20.4. The summed E-state index contributed by atoms with van der Waals surface area (Å²) in [5, 5.41) is 18.9. The van der Waals surface area contributed by atoms with Gasteiger partial charge in [-0.05, 0) is 68.0 Å². The summed E-state index contributed by atoms with van der Waals surface area (Å²) >= 11 is 0. The van der Waals surface area contributed by atoms with E-state index in [1.165, 1.54) is 0 Å². The molecule has 0 aliphatic carbocycles. The molecular weight excluding hydrogens is 512 g/mol. The summed E-state index contributed by atoms with van der Waals surface area (Å²) in [6, 6.07) is 8.03. The van der Waals surface area contributed by atoms with Crippen LogP contribution in [0.25, 0.3) is 22.8 Å². The third-order valence-electron chi connectivity index (χ3n) is 4.91. The molecule has 3 aromatic rings. The Hall–Kier alpha value is -1.07. The molecule has 0 fully saturated rings. The van der Waals surface area contributed by atoms with Crippen LogP contribution in [0.15, 0.2) is 24.3 Å². The molecule has 10 nitrogen and oxygen atoms in total. The molecule has 0 aliphatic heterocycles. The van der Waals surface area contributed by atoms with Gasteiger partial charge in [-0.2, -0.15) is 5.90 Å². The second-order valence-corrected chi connectivity index (χ2v) is 8.12. The number of aromatic amines is 3. The minimum Gasteiger partial charge on any atom is -0.396 e. The van der Waals surface area contributed by atoms with Crippen LogP contribution in [-0.2, 0) is 70.7 Å². The maximum Gasteiger partial charge on any atom is 0.349 e. The molecule has 1 atom stereocenters. The molecule has 0 spiro atoms. The fourth-order valence-corrected chi connectivity index (χ4v) is 4.05. The summed E-state index contributed by atoms with van der Waals surface area (Å²) in [4.78, 5) is 14.0. The monoisotopic (exact) mass is 541 g/mol. The van der Waals surface area contributed by atoms with E-state index in [1.54, 1.807) is 0 Å². The zero-order valence-electron chi connectivity index (χ0n) is 17.9. The first-order chi connectivity index (χ1) is 15.0. The van der Waals surface area contributed by atoms with Crippen molar-refractivity contribution in [1.29, 1.82) is 0 Å². The molecule has 0 saturated heterocycles. The Morgan fingerprint density at radius 1 is 0.969 bits per heavy atom. The van der Waals surface area contributed by atoms with E-state index < -0.39 is 8.25 Å². The molecule has 3 rings (SSSR count). The van der Waals surface area contributed by atoms with Gasteiger partial charge in [0.15, 0.2) is 0 Å². The smallest absolute Gasteiger partial charge is 0.349 e. The summed E-state index contributed by atoms with van der Waals surface area (Å²) in [6.07, 6.45) is 2.40. The van der Waals surface area contributed by atoms with Gasteiger partial charge in [0.2, 0.25) is 0 Å². The molecule has 0 aliphatic rings. The SMILES string of the molecule is Cc1cc(CCO)c(-c2cc(CCO)c(-c3ccc(CCCO[PH](=O)OON)[nH]3)[nH]2)[nH]1.[Y]. The fraction of sp³-hybridized carbons (Fsp3) is 0.400. The minimum absolute atomic E-state index is 0. The van der Waals surface area contributed by atoms with Crippen LogP contribution in [0.3, 0.4) is 0 Å². The van der Waals surface area contributed by atoms with Gasteiger partial charge in [0.05, 0.1) is 29.4 Å². The van der Waals surface area contributed by atoms with Crippen LogP contribution >= 0.6 is 8.25 Å². The van der Waals surface area contributed by atoms with Crippen molar-refractivity contribution >= 4 is 8.25 Å². The van der Waals surface area contributed by atoms with Crippen LogP contribution in [0, 0.1) is 6.92 Å². The first-order valence-electron chi connectivity index (χ1n) is 10.1. The van der Waals surface area contributed by atoms with Crippen molar-refractivity contribution < 1.29 is 61.7 Å². The normalized spacial score (nSPS) is 12.1. The van der Waals surface area contributed by atoms with Crippen LogP contribution in [0.5, 0.6) is 0 Å². The van der Waals surface area contributed by atoms with E-state index in [4.69, 9.17) is 4.52 Å². The number of nitrogens with two attached hydrogens (primary N) is 1. The molecule has 7 N–H and O–H groups in total. The van der Waals surface area contributed by atoms with Crippen molar-refractivity contribution in [2.24, 2.45) is 5.90 Å². The average molecular weight is 541 g/mol. The molecule has 32 heavy (non-hydrogen) atoms. The van der Waals surface area contributed by atoms with Crippen molar-refractivity contribution in [3.8, 4) is 22.8 Å². The minimum atomic E-state index is -2.73. The molecule has 1 unspecified atom stereocenters.